The predicted molar refractivity (Wildman–Crippen MR) is 78.9 cm³/mol. The van der Waals surface area contributed by atoms with Crippen LogP contribution in [0.15, 0.2) is 60.7 Å². The molecule has 0 aliphatic rings. The van der Waals surface area contributed by atoms with Gasteiger partial charge in [-0.15, -0.1) is 0 Å². The minimum atomic E-state index is -0.247. The zero-order valence-corrected chi connectivity index (χ0v) is 10.5. The van der Waals surface area contributed by atoms with Crippen LogP contribution in [0.3, 0.4) is 0 Å². The molecule has 4 aromatic carbocycles. The predicted octanol–water partition coefficient (Wildman–Crippen LogP) is 5.42. The number of hydrogen-bond acceptors (Lipinski definition) is 0. The van der Waals surface area contributed by atoms with Crippen LogP contribution >= 0.6 is 0 Å². The third-order valence-corrected chi connectivity index (χ3v) is 3.72. The summed E-state index contributed by atoms with van der Waals surface area (Å²) in [4.78, 5) is 0. The Balaban J connectivity index is 2.19. The molecule has 0 saturated heterocycles. The van der Waals surface area contributed by atoms with Crippen LogP contribution in [0.4, 0.5) is 8.78 Å². The molecule has 0 unspecified atom stereocenters. The SMILES string of the molecule is Fc1ccc2cc3ccc4cc(F)ccc4c3cc2c1. The van der Waals surface area contributed by atoms with E-state index in [4.69, 9.17) is 0 Å². The van der Waals surface area contributed by atoms with Crippen molar-refractivity contribution in [3.63, 3.8) is 0 Å². The van der Waals surface area contributed by atoms with Crippen LogP contribution in [0.5, 0.6) is 0 Å². The molecule has 0 aliphatic heterocycles. The highest BCUT2D eigenvalue weighted by atomic mass is 19.1. The van der Waals surface area contributed by atoms with Gasteiger partial charge in [0.1, 0.15) is 11.6 Å². The summed E-state index contributed by atoms with van der Waals surface area (Å²) in [5, 5.41) is 5.78. The van der Waals surface area contributed by atoms with Gasteiger partial charge in [0.2, 0.25) is 0 Å². The van der Waals surface area contributed by atoms with Crippen molar-refractivity contribution >= 4 is 32.3 Å². The van der Waals surface area contributed by atoms with E-state index < -0.39 is 0 Å². The van der Waals surface area contributed by atoms with Crippen molar-refractivity contribution in [2.75, 3.05) is 0 Å². The van der Waals surface area contributed by atoms with Gasteiger partial charge < -0.3 is 0 Å². The van der Waals surface area contributed by atoms with E-state index in [1.165, 1.54) is 24.3 Å². The summed E-state index contributed by atoms with van der Waals surface area (Å²) in [5.74, 6) is -0.494. The van der Waals surface area contributed by atoms with Crippen LogP contribution < -0.4 is 0 Å². The minimum absolute atomic E-state index is 0.247. The molecule has 4 aromatic rings. The second-order valence-corrected chi connectivity index (χ2v) is 5.00. The summed E-state index contributed by atoms with van der Waals surface area (Å²) >= 11 is 0. The second kappa shape index (κ2) is 4.01. The second-order valence-electron chi connectivity index (χ2n) is 5.00. The van der Waals surface area contributed by atoms with Gasteiger partial charge in [0.15, 0.2) is 0 Å². The van der Waals surface area contributed by atoms with E-state index in [2.05, 4.69) is 0 Å². The average Bonchev–Trinajstić information content (AvgIpc) is 2.44. The minimum Gasteiger partial charge on any atom is -0.207 e. The van der Waals surface area contributed by atoms with Crippen molar-refractivity contribution in [2.24, 2.45) is 0 Å². The highest BCUT2D eigenvalue weighted by Gasteiger charge is 2.04. The number of benzene rings is 4. The Labute approximate surface area is 114 Å². The van der Waals surface area contributed by atoms with Gasteiger partial charge in [0.25, 0.3) is 0 Å². The summed E-state index contributed by atoms with van der Waals surface area (Å²) in [5.41, 5.74) is 0. The Bertz CT molecular complexity index is 971. The lowest BCUT2D eigenvalue weighted by molar-refractivity contribution is 0.629. The monoisotopic (exact) mass is 264 g/mol. The maximum absolute atomic E-state index is 13.4. The third-order valence-electron chi connectivity index (χ3n) is 3.72. The lowest BCUT2D eigenvalue weighted by atomic mass is 9.98. The zero-order valence-electron chi connectivity index (χ0n) is 10.5. The van der Waals surface area contributed by atoms with E-state index in [0.29, 0.717) is 0 Å². The molecular formula is C18H10F2. The molecule has 2 heteroatoms. The van der Waals surface area contributed by atoms with Crippen molar-refractivity contribution in [2.45, 2.75) is 0 Å². The van der Waals surface area contributed by atoms with Gasteiger partial charge in [0, 0.05) is 0 Å². The smallest absolute Gasteiger partial charge is 0.123 e. The van der Waals surface area contributed by atoms with E-state index in [1.54, 1.807) is 12.1 Å². The van der Waals surface area contributed by atoms with Crippen molar-refractivity contribution in [3.05, 3.63) is 72.3 Å². The fraction of sp³-hybridized carbons (Fsp3) is 0. The van der Waals surface area contributed by atoms with E-state index in [1.807, 2.05) is 24.3 Å². The molecule has 0 amide bonds. The normalized spacial score (nSPS) is 11.5. The zero-order chi connectivity index (χ0) is 13.7. The van der Waals surface area contributed by atoms with Crippen LogP contribution in [-0.4, -0.2) is 0 Å². The van der Waals surface area contributed by atoms with Crippen LogP contribution in [-0.2, 0) is 0 Å². The molecule has 0 heterocycles. The van der Waals surface area contributed by atoms with Gasteiger partial charge in [-0.25, -0.2) is 8.78 Å². The molecule has 0 atom stereocenters. The van der Waals surface area contributed by atoms with Crippen molar-refractivity contribution < 1.29 is 8.78 Å². The summed E-state index contributed by atoms with van der Waals surface area (Å²) in [6, 6.07) is 17.4. The van der Waals surface area contributed by atoms with E-state index >= 15 is 0 Å². The maximum atomic E-state index is 13.4. The number of rotatable bonds is 0. The Morgan fingerprint density at radius 1 is 0.450 bits per heavy atom. The quantitative estimate of drug-likeness (QED) is 0.293. The summed E-state index contributed by atoms with van der Waals surface area (Å²) in [7, 11) is 0. The lowest BCUT2D eigenvalue weighted by Gasteiger charge is -2.06. The van der Waals surface area contributed by atoms with Gasteiger partial charge in [-0.2, -0.15) is 0 Å². The molecule has 0 aliphatic carbocycles. The first kappa shape index (κ1) is 11.4. The fourth-order valence-electron chi connectivity index (χ4n) is 2.75. The first-order valence-electron chi connectivity index (χ1n) is 6.42. The number of fused-ring (bicyclic) bond motifs is 4. The standard InChI is InChI=1S/C18H10F2/c19-15-4-3-11-7-12-1-2-13-8-16(20)5-6-17(13)18(12)10-14(11)9-15/h1-10H. The highest BCUT2D eigenvalue weighted by molar-refractivity contribution is 6.12. The molecule has 96 valence electrons. The molecule has 0 radical (unpaired) electrons. The Kier molecular flexibility index (Phi) is 2.27. The van der Waals surface area contributed by atoms with Gasteiger partial charge in [-0.3, -0.25) is 0 Å². The van der Waals surface area contributed by atoms with Crippen LogP contribution in [0.25, 0.3) is 32.3 Å². The van der Waals surface area contributed by atoms with Crippen LogP contribution in [0.1, 0.15) is 0 Å². The Morgan fingerprint density at radius 3 is 1.85 bits per heavy atom. The number of halogens is 2. The van der Waals surface area contributed by atoms with Crippen molar-refractivity contribution in [3.8, 4) is 0 Å². The first-order chi connectivity index (χ1) is 9.70. The Hall–Kier alpha value is -2.48. The van der Waals surface area contributed by atoms with Crippen LogP contribution in [0.2, 0.25) is 0 Å². The first-order valence-corrected chi connectivity index (χ1v) is 6.42. The molecular weight excluding hydrogens is 254 g/mol. The fourth-order valence-corrected chi connectivity index (χ4v) is 2.75. The van der Waals surface area contributed by atoms with Crippen molar-refractivity contribution in [1.29, 1.82) is 0 Å². The van der Waals surface area contributed by atoms with E-state index in [9.17, 15) is 8.78 Å². The molecule has 0 aromatic heterocycles. The molecule has 20 heavy (non-hydrogen) atoms. The molecule has 4 rings (SSSR count). The van der Waals surface area contributed by atoms with Gasteiger partial charge >= 0.3 is 0 Å². The molecule has 0 bridgehead atoms. The molecule has 0 nitrogen and oxygen atoms in total. The highest BCUT2D eigenvalue weighted by Crippen LogP contribution is 2.30. The van der Waals surface area contributed by atoms with Gasteiger partial charge in [-0.05, 0) is 68.7 Å². The molecule has 0 N–H and O–H groups in total. The molecule has 0 fully saturated rings. The topological polar surface area (TPSA) is 0 Å². The molecule has 0 spiro atoms. The lowest BCUT2D eigenvalue weighted by Crippen LogP contribution is -1.82. The summed E-state index contributed by atoms with van der Waals surface area (Å²) in [6.45, 7) is 0. The average molecular weight is 264 g/mol. The van der Waals surface area contributed by atoms with Gasteiger partial charge in [-0.1, -0.05) is 24.3 Å². The summed E-state index contributed by atoms with van der Waals surface area (Å²) in [6.07, 6.45) is 0. The summed E-state index contributed by atoms with van der Waals surface area (Å²) < 4.78 is 26.6. The molecule has 0 saturated carbocycles. The largest absolute Gasteiger partial charge is 0.207 e. The third kappa shape index (κ3) is 1.65. The Morgan fingerprint density at radius 2 is 1.05 bits per heavy atom. The van der Waals surface area contributed by atoms with E-state index in [0.717, 1.165) is 32.3 Å². The van der Waals surface area contributed by atoms with Gasteiger partial charge in [0.05, 0.1) is 0 Å². The van der Waals surface area contributed by atoms with E-state index in [-0.39, 0.29) is 11.6 Å². The van der Waals surface area contributed by atoms with Crippen molar-refractivity contribution in [1.82, 2.24) is 0 Å². The maximum Gasteiger partial charge on any atom is 0.123 e. The number of hydrogen-bond donors (Lipinski definition) is 0. The van der Waals surface area contributed by atoms with Crippen LogP contribution in [0, 0.1) is 11.6 Å².